The summed E-state index contributed by atoms with van der Waals surface area (Å²) in [5.41, 5.74) is 3.28. The topological polar surface area (TPSA) is 0 Å². The van der Waals surface area contributed by atoms with Gasteiger partial charge in [-0.3, -0.25) is 0 Å². The molecule has 5 unspecified atom stereocenters. The summed E-state index contributed by atoms with van der Waals surface area (Å²) in [6, 6.07) is 0. The number of rotatable bonds is 18. The Labute approximate surface area is 222 Å². The third-order valence-electron chi connectivity index (χ3n) is 7.91. The summed E-state index contributed by atoms with van der Waals surface area (Å²) in [5.74, 6) is 0.952. The molecule has 0 rings (SSSR count). The number of hydrogen-bond donors (Lipinski definition) is 0. The molecule has 0 fully saturated rings. The summed E-state index contributed by atoms with van der Waals surface area (Å²) >= 11 is 0. The Morgan fingerprint density at radius 2 is 1.11 bits per heavy atom. The van der Waals surface area contributed by atoms with Crippen LogP contribution < -0.4 is 0 Å². The van der Waals surface area contributed by atoms with Gasteiger partial charge in [0.15, 0.2) is 0 Å². The largest absolute Gasteiger partial charge is 0.207 e. The van der Waals surface area contributed by atoms with Gasteiger partial charge in [-0.1, -0.05) is 107 Å². The maximum Gasteiger partial charge on any atom is 0.126 e. The zero-order chi connectivity index (χ0) is 28.0. The van der Waals surface area contributed by atoms with E-state index in [4.69, 9.17) is 0 Å². The van der Waals surface area contributed by atoms with Crippen molar-refractivity contribution in [1.82, 2.24) is 0 Å². The molecule has 2 heteroatoms. The molecule has 0 aliphatic rings. The fourth-order valence-corrected chi connectivity index (χ4v) is 3.69. The zero-order valence-corrected chi connectivity index (χ0v) is 24.7. The lowest BCUT2D eigenvalue weighted by Gasteiger charge is -2.17. The van der Waals surface area contributed by atoms with Gasteiger partial charge in [0, 0.05) is 0 Å². The fraction of sp³-hybridized carbons (Fsp3) is 0.588. The molecule has 0 heterocycles. The first-order chi connectivity index (χ1) is 16.7. The Hall–Kier alpha value is -1.96. The average Bonchev–Trinajstić information content (AvgIpc) is 2.86. The van der Waals surface area contributed by atoms with E-state index in [1.807, 2.05) is 26.8 Å². The van der Waals surface area contributed by atoms with E-state index in [1.165, 1.54) is 6.08 Å². The van der Waals surface area contributed by atoms with Crippen molar-refractivity contribution in [2.45, 2.75) is 100 Å². The van der Waals surface area contributed by atoms with Crippen LogP contribution in [0.2, 0.25) is 0 Å². The molecule has 0 aromatic rings. The molecule has 0 nitrogen and oxygen atoms in total. The Bertz CT molecular complexity index is 835. The van der Waals surface area contributed by atoms with Crippen LogP contribution in [-0.4, -0.2) is 0 Å². The number of halogens is 2. The van der Waals surface area contributed by atoms with Gasteiger partial charge in [-0.25, -0.2) is 8.78 Å². The number of hydrogen-bond acceptors (Lipinski definition) is 0. The van der Waals surface area contributed by atoms with Crippen LogP contribution in [0.1, 0.15) is 100 Å². The minimum Gasteiger partial charge on any atom is -0.207 e. The van der Waals surface area contributed by atoms with E-state index in [1.54, 1.807) is 6.08 Å². The molecule has 5 atom stereocenters. The van der Waals surface area contributed by atoms with E-state index in [0.29, 0.717) is 35.0 Å². The molecular weight excluding hydrogens is 446 g/mol. The molecule has 0 bridgehead atoms. The van der Waals surface area contributed by atoms with E-state index < -0.39 is 0 Å². The van der Waals surface area contributed by atoms with Crippen LogP contribution in [0.3, 0.4) is 0 Å². The highest BCUT2D eigenvalue weighted by molar-refractivity contribution is 5.41. The maximum atomic E-state index is 14.9. The van der Waals surface area contributed by atoms with E-state index in [-0.39, 0.29) is 29.4 Å². The van der Waals surface area contributed by atoms with Crippen molar-refractivity contribution >= 4 is 0 Å². The van der Waals surface area contributed by atoms with Gasteiger partial charge in [-0.15, -0.1) is 0 Å². The Morgan fingerprint density at radius 3 is 1.61 bits per heavy atom. The van der Waals surface area contributed by atoms with Crippen molar-refractivity contribution in [2.24, 2.45) is 29.6 Å². The molecule has 0 N–H and O–H groups in total. The fourth-order valence-electron chi connectivity index (χ4n) is 3.69. The van der Waals surface area contributed by atoms with Gasteiger partial charge >= 0.3 is 0 Å². The molecule has 0 aliphatic carbocycles. The zero-order valence-electron chi connectivity index (χ0n) is 24.7. The summed E-state index contributed by atoms with van der Waals surface area (Å²) in [6.07, 6.45) is 12.0. The summed E-state index contributed by atoms with van der Waals surface area (Å²) in [7, 11) is 0. The lowest BCUT2D eigenvalue weighted by atomic mass is 9.90. The van der Waals surface area contributed by atoms with Crippen molar-refractivity contribution in [2.75, 3.05) is 0 Å². The Kier molecular flexibility index (Phi) is 16.5. The third kappa shape index (κ3) is 12.8. The van der Waals surface area contributed by atoms with Crippen molar-refractivity contribution in [3.63, 3.8) is 0 Å². The highest BCUT2D eigenvalue weighted by Gasteiger charge is 2.15. The van der Waals surface area contributed by atoms with Gasteiger partial charge in [0.25, 0.3) is 0 Å². The standard InChI is InChI=1S/C34H54F2/c1-13-23(3)15-17-25(5)29(9)21-34(36)32(12)28(8)20-19-26(6)30(10)22-33(35)31(11)27(7)18-16-24(4)14-2/h19,21-25,27-28H,9-18,20H2,1-8H3/b26-19+,33-22+,34-21+. The van der Waals surface area contributed by atoms with Crippen molar-refractivity contribution in [1.29, 1.82) is 0 Å². The predicted octanol–water partition coefficient (Wildman–Crippen LogP) is 11.8. The minimum atomic E-state index is -0.309. The van der Waals surface area contributed by atoms with Crippen LogP contribution in [0.5, 0.6) is 0 Å². The van der Waals surface area contributed by atoms with E-state index in [2.05, 4.69) is 60.9 Å². The second kappa shape index (κ2) is 17.5. The first-order valence-corrected chi connectivity index (χ1v) is 13.9. The highest BCUT2D eigenvalue weighted by atomic mass is 19.1. The quantitative estimate of drug-likeness (QED) is 0.164. The average molecular weight is 501 g/mol. The molecule has 36 heavy (non-hydrogen) atoms. The second-order valence-corrected chi connectivity index (χ2v) is 11.1. The highest BCUT2D eigenvalue weighted by Crippen LogP contribution is 2.29. The molecule has 0 saturated heterocycles. The lowest BCUT2D eigenvalue weighted by molar-refractivity contribution is 0.445. The van der Waals surface area contributed by atoms with Crippen LogP contribution in [0, 0.1) is 29.6 Å². The van der Waals surface area contributed by atoms with Crippen molar-refractivity contribution < 1.29 is 8.78 Å². The minimum absolute atomic E-state index is 0.0865. The molecule has 0 spiro atoms. The molecular formula is C34H54F2. The van der Waals surface area contributed by atoms with Gasteiger partial charge in [0.1, 0.15) is 11.7 Å². The first-order valence-electron chi connectivity index (χ1n) is 13.9. The predicted molar refractivity (Wildman–Crippen MR) is 158 cm³/mol. The molecule has 0 aliphatic heterocycles. The van der Waals surface area contributed by atoms with E-state index >= 15 is 0 Å². The van der Waals surface area contributed by atoms with Gasteiger partial charge < -0.3 is 0 Å². The Morgan fingerprint density at radius 1 is 0.667 bits per heavy atom. The van der Waals surface area contributed by atoms with Gasteiger partial charge in [-0.05, 0) is 95.8 Å². The van der Waals surface area contributed by atoms with E-state index in [9.17, 15) is 8.78 Å². The summed E-state index contributed by atoms with van der Waals surface area (Å²) < 4.78 is 29.7. The van der Waals surface area contributed by atoms with Crippen LogP contribution in [0.25, 0.3) is 0 Å². The first kappa shape index (κ1) is 34.0. The molecule has 0 aromatic carbocycles. The van der Waals surface area contributed by atoms with Crippen LogP contribution in [-0.2, 0) is 0 Å². The van der Waals surface area contributed by atoms with Gasteiger partial charge in [0.2, 0.25) is 0 Å². The summed E-state index contributed by atoms with van der Waals surface area (Å²) in [6.45, 7) is 32.9. The Balaban J connectivity index is 5.00. The van der Waals surface area contributed by atoms with Crippen LogP contribution >= 0.6 is 0 Å². The van der Waals surface area contributed by atoms with Crippen LogP contribution in [0.15, 0.2) is 84.1 Å². The van der Waals surface area contributed by atoms with Crippen LogP contribution in [0.4, 0.5) is 8.78 Å². The second-order valence-electron chi connectivity index (χ2n) is 11.1. The normalized spacial score (nSPS) is 17.2. The molecule has 0 aromatic heterocycles. The summed E-state index contributed by atoms with van der Waals surface area (Å²) in [5, 5.41) is 0. The molecule has 204 valence electrons. The lowest BCUT2D eigenvalue weighted by Crippen LogP contribution is -2.03. The maximum absolute atomic E-state index is 14.9. The van der Waals surface area contributed by atoms with E-state index in [0.717, 1.165) is 49.7 Å². The smallest absolute Gasteiger partial charge is 0.126 e. The van der Waals surface area contributed by atoms with Gasteiger partial charge in [0.05, 0.1) is 0 Å². The van der Waals surface area contributed by atoms with Crippen molar-refractivity contribution in [3.05, 3.63) is 84.1 Å². The monoisotopic (exact) mass is 500 g/mol. The van der Waals surface area contributed by atoms with Gasteiger partial charge in [-0.2, -0.15) is 0 Å². The molecule has 0 saturated carbocycles. The number of allylic oxidation sites excluding steroid dienone is 10. The summed E-state index contributed by atoms with van der Waals surface area (Å²) in [4.78, 5) is 0. The molecule has 0 radical (unpaired) electrons. The third-order valence-corrected chi connectivity index (χ3v) is 7.91. The van der Waals surface area contributed by atoms with Crippen molar-refractivity contribution in [3.8, 4) is 0 Å². The SMILES string of the molecule is C=C(/C=C(/F)C(=C)C(C)CCC(C)CC)/C(C)=C/CC(C)C(=C)/C(F)=C\C(=C)C(C)CCC(C)CC. The molecule has 0 amide bonds.